The first-order chi connectivity index (χ1) is 16.6. The van der Waals surface area contributed by atoms with E-state index in [0.717, 1.165) is 16.5 Å². The first-order valence-electron chi connectivity index (χ1n) is 11.1. The number of benzene rings is 1. The van der Waals surface area contributed by atoms with Crippen molar-refractivity contribution < 1.29 is 24.3 Å². The lowest BCUT2D eigenvalue weighted by molar-refractivity contribution is -0.142. The van der Waals surface area contributed by atoms with Gasteiger partial charge in [0, 0.05) is 30.1 Å². The van der Waals surface area contributed by atoms with Crippen LogP contribution in [0.3, 0.4) is 0 Å². The zero-order chi connectivity index (χ0) is 26.0. The molecule has 1 heterocycles. The van der Waals surface area contributed by atoms with Crippen LogP contribution in [0.4, 0.5) is 0 Å². The second kappa shape index (κ2) is 12.9. The Morgan fingerprint density at radius 3 is 2.40 bits per heavy atom. The van der Waals surface area contributed by atoms with Crippen molar-refractivity contribution in [1.82, 2.24) is 20.9 Å². The normalized spacial score (nSPS) is 13.3. The second-order valence-corrected chi connectivity index (χ2v) is 7.97. The largest absolute Gasteiger partial charge is 0.480 e. The van der Waals surface area contributed by atoms with E-state index in [9.17, 15) is 24.3 Å². The molecule has 0 fully saturated rings. The van der Waals surface area contributed by atoms with E-state index in [-0.39, 0.29) is 31.9 Å². The van der Waals surface area contributed by atoms with Crippen LogP contribution in [0.5, 0.6) is 0 Å². The molecule has 2 rings (SSSR count). The van der Waals surface area contributed by atoms with E-state index in [1.807, 2.05) is 24.3 Å². The first-order valence-corrected chi connectivity index (χ1v) is 11.1. The molecule has 3 amide bonds. The summed E-state index contributed by atoms with van der Waals surface area (Å²) in [6.07, 6.45) is 2.19. The highest BCUT2D eigenvalue weighted by Crippen LogP contribution is 2.19. The number of guanidine groups is 1. The van der Waals surface area contributed by atoms with Gasteiger partial charge in [0.05, 0.1) is 6.54 Å². The predicted octanol–water partition coefficient (Wildman–Crippen LogP) is -1.72. The fourth-order valence-corrected chi connectivity index (χ4v) is 3.43. The van der Waals surface area contributed by atoms with Gasteiger partial charge in [-0.05, 0) is 31.4 Å². The van der Waals surface area contributed by atoms with Crippen LogP contribution in [0.25, 0.3) is 10.9 Å². The third-order valence-corrected chi connectivity index (χ3v) is 5.25. The fourth-order valence-electron chi connectivity index (χ4n) is 3.43. The molecule has 0 aliphatic heterocycles. The lowest BCUT2D eigenvalue weighted by Gasteiger charge is -2.23. The third-order valence-electron chi connectivity index (χ3n) is 5.25. The van der Waals surface area contributed by atoms with Gasteiger partial charge < -0.3 is 43.2 Å². The second-order valence-electron chi connectivity index (χ2n) is 7.97. The zero-order valence-electron chi connectivity index (χ0n) is 19.4. The van der Waals surface area contributed by atoms with Gasteiger partial charge in [0.25, 0.3) is 0 Å². The smallest absolute Gasteiger partial charge is 0.326 e. The number of nitrogens with zero attached hydrogens (tertiary/aromatic N) is 1. The summed E-state index contributed by atoms with van der Waals surface area (Å²) in [7, 11) is 0. The molecule has 0 radical (unpaired) electrons. The average Bonchev–Trinajstić information content (AvgIpc) is 3.22. The minimum absolute atomic E-state index is 0.0305. The van der Waals surface area contributed by atoms with Crippen molar-refractivity contribution in [3.63, 3.8) is 0 Å². The summed E-state index contributed by atoms with van der Waals surface area (Å²) in [4.78, 5) is 55.9. The lowest BCUT2D eigenvalue weighted by Crippen LogP contribution is -2.55. The maximum absolute atomic E-state index is 13.0. The molecule has 0 spiro atoms. The first kappa shape index (κ1) is 27.1. The molecule has 0 saturated heterocycles. The highest BCUT2D eigenvalue weighted by Gasteiger charge is 2.28. The van der Waals surface area contributed by atoms with Gasteiger partial charge in [0.15, 0.2) is 5.96 Å². The molecule has 0 saturated carbocycles. The van der Waals surface area contributed by atoms with Crippen LogP contribution in [-0.4, -0.2) is 71.0 Å². The summed E-state index contributed by atoms with van der Waals surface area (Å²) in [6, 6.07) is 4.12. The zero-order valence-corrected chi connectivity index (χ0v) is 19.4. The van der Waals surface area contributed by atoms with E-state index in [4.69, 9.17) is 17.2 Å². The molecule has 0 aliphatic carbocycles. The van der Waals surface area contributed by atoms with Crippen molar-refractivity contribution in [3.05, 3.63) is 36.0 Å². The van der Waals surface area contributed by atoms with E-state index in [0.29, 0.717) is 6.42 Å². The number of carboxylic acids is 1. The van der Waals surface area contributed by atoms with Crippen LogP contribution >= 0.6 is 0 Å². The van der Waals surface area contributed by atoms with Gasteiger partial charge in [-0.2, -0.15) is 0 Å². The number of rotatable bonds is 13. The number of hydrogen-bond donors (Lipinski definition) is 8. The number of carbonyl (C=O) groups excluding carboxylic acids is 3. The van der Waals surface area contributed by atoms with Gasteiger partial charge in [0.1, 0.15) is 18.1 Å². The van der Waals surface area contributed by atoms with Gasteiger partial charge in [-0.3, -0.25) is 19.4 Å². The number of aliphatic imine (C=N–C) groups is 1. The van der Waals surface area contributed by atoms with E-state index < -0.39 is 41.8 Å². The number of aromatic amines is 1. The van der Waals surface area contributed by atoms with Crippen LogP contribution < -0.4 is 33.2 Å². The van der Waals surface area contributed by atoms with Crippen LogP contribution in [0.2, 0.25) is 0 Å². The number of carboxylic acid groups (broad SMARTS) is 1. The summed E-state index contributed by atoms with van der Waals surface area (Å²) in [5.41, 5.74) is 17.4. The molecule has 2 aromatic rings. The Hall–Kier alpha value is -4.13. The number of hydrogen-bond acceptors (Lipinski definition) is 6. The Kier molecular flexibility index (Phi) is 10.0. The van der Waals surface area contributed by atoms with E-state index in [1.165, 1.54) is 6.92 Å². The third kappa shape index (κ3) is 8.30. The van der Waals surface area contributed by atoms with Gasteiger partial charge in [-0.25, -0.2) is 4.79 Å². The van der Waals surface area contributed by atoms with Crippen molar-refractivity contribution >= 4 is 40.6 Å². The average molecular weight is 489 g/mol. The number of nitrogens with one attached hydrogen (secondary N) is 4. The van der Waals surface area contributed by atoms with Crippen molar-refractivity contribution in [3.8, 4) is 0 Å². The maximum atomic E-state index is 13.0. The number of aliphatic carboxylic acids is 1. The molecule has 0 aliphatic rings. The van der Waals surface area contributed by atoms with Gasteiger partial charge in [0.2, 0.25) is 17.7 Å². The minimum Gasteiger partial charge on any atom is -0.480 e. The number of H-pyrrole nitrogens is 1. The van der Waals surface area contributed by atoms with E-state index >= 15 is 0 Å². The van der Waals surface area contributed by atoms with Crippen molar-refractivity contribution in [2.75, 3.05) is 13.1 Å². The number of fused-ring (bicyclic) bond motifs is 1. The minimum atomic E-state index is -1.24. The predicted molar refractivity (Wildman–Crippen MR) is 130 cm³/mol. The molecule has 35 heavy (non-hydrogen) atoms. The lowest BCUT2D eigenvalue weighted by atomic mass is 10.0. The number of carbonyl (C=O) groups is 4. The van der Waals surface area contributed by atoms with Crippen molar-refractivity contribution in [2.24, 2.45) is 22.2 Å². The molecule has 190 valence electrons. The molecular weight excluding hydrogens is 456 g/mol. The maximum Gasteiger partial charge on any atom is 0.326 e. The molecule has 1 aromatic heterocycles. The Morgan fingerprint density at radius 2 is 1.74 bits per heavy atom. The van der Waals surface area contributed by atoms with E-state index in [1.54, 1.807) is 6.20 Å². The van der Waals surface area contributed by atoms with Gasteiger partial charge >= 0.3 is 5.97 Å². The van der Waals surface area contributed by atoms with Crippen LogP contribution in [0.15, 0.2) is 35.5 Å². The van der Waals surface area contributed by atoms with Crippen LogP contribution in [0.1, 0.15) is 25.3 Å². The number of aromatic nitrogens is 1. The topological polar surface area (TPSA) is 231 Å². The number of para-hydroxylation sites is 1. The summed E-state index contributed by atoms with van der Waals surface area (Å²) in [5.74, 6) is -3.19. The summed E-state index contributed by atoms with van der Waals surface area (Å²) < 4.78 is 0. The van der Waals surface area contributed by atoms with Gasteiger partial charge in [-0.1, -0.05) is 18.2 Å². The highest BCUT2D eigenvalue weighted by molar-refractivity contribution is 5.93. The molecule has 0 bridgehead atoms. The Labute approximate surface area is 201 Å². The summed E-state index contributed by atoms with van der Waals surface area (Å²) in [6.45, 7) is 1.35. The molecule has 1 aromatic carbocycles. The number of nitrogens with two attached hydrogens (primary N) is 3. The Morgan fingerprint density at radius 1 is 1.06 bits per heavy atom. The molecule has 3 atom stereocenters. The molecule has 13 heteroatoms. The quantitative estimate of drug-likeness (QED) is 0.0915. The standard InChI is InChI=1S/C22H32N8O5/c1-12(28-18(31)10-23)19(32)29-16(7-4-8-26-22(24)25)20(33)30-17(21(34)35)9-13-11-27-15-6-3-2-5-14(13)15/h2-3,5-6,11-12,16-17,27H,4,7-10,23H2,1H3,(H,28,31)(H,29,32)(H,30,33)(H,34,35)(H4,24,25,26). The summed E-state index contributed by atoms with van der Waals surface area (Å²) >= 11 is 0. The monoisotopic (exact) mass is 488 g/mol. The number of amides is 3. The van der Waals surface area contributed by atoms with Crippen LogP contribution in [0, 0.1) is 0 Å². The van der Waals surface area contributed by atoms with Crippen LogP contribution in [-0.2, 0) is 25.6 Å². The van der Waals surface area contributed by atoms with Gasteiger partial charge in [-0.15, -0.1) is 0 Å². The molecule has 3 unspecified atom stereocenters. The SMILES string of the molecule is CC(NC(=O)CN)C(=O)NC(CCCN=C(N)N)C(=O)NC(Cc1c[nH]c2ccccc12)C(=O)O. The van der Waals surface area contributed by atoms with E-state index in [2.05, 4.69) is 25.9 Å². The highest BCUT2D eigenvalue weighted by atomic mass is 16.4. The molecule has 11 N–H and O–H groups in total. The Bertz CT molecular complexity index is 1080. The fraction of sp³-hybridized carbons (Fsp3) is 0.409. The van der Waals surface area contributed by atoms with Crippen molar-refractivity contribution in [1.29, 1.82) is 0 Å². The Balaban J connectivity index is 2.13. The summed E-state index contributed by atoms with van der Waals surface area (Å²) in [5, 5.41) is 18.0. The molecular formula is C22H32N8O5. The molecule has 13 nitrogen and oxygen atoms in total. The van der Waals surface area contributed by atoms with Crippen molar-refractivity contribution in [2.45, 2.75) is 44.3 Å².